The first-order valence-corrected chi connectivity index (χ1v) is 8.34. The van der Waals surface area contributed by atoms with Crippen LogP contribution in [0.1, 0.15) is 22.1 Å². The molecule has 1 amide bonds. The molecule has 1 heterocycles. The van der Waals surface area contributed by atoms with Crippen molar-refractivity contribution in [1.29, 1.82) is 0 Å². The van der Waals surface area contributed by atoms with Gasteiger partial charge < -0.3 is 10.2 Å². The quantitative estimate of drug-likeness (QED) is 0.742. The molecule has 1 N–H and O–H groups in total. The van der Waals surface area contributed by atoms with E-state index in [9.17, 15) is 9.18 Å². The fraction of sp³-hybridized carbons (Fsp3) is 0.200. The summed E-state index contributed by atoms with van der Waals surface area (Å²) in [4.78, 5) is 18.7. The van der Waals surface area contributed by atoms with Crippen LogP contribution < -0.4 is 5.32 Å². The molecule has 0 bridgehead atoms. The van der Waals surface area contributed by atoms with Crippen LogP contribution in [0.2, 0.25) is 0 Å². The Kier molecular flexibility index (Phi) is 5.43. The van der Waals surface area contributed by atoms with E-state index in [2.05, 4.69) is 10.3 Å². The molecule has 2 aromatic carbocycles. The van der Waals surface area contributed by atoms with Crippen LogP contribution in [0.5, 0.6) is 0 Å². The van der Waals surface area contributed by atoms with Crippen molar-refractivity contribution in [3.63, 3.8) is 0 Å². The van der Waals surface area contributed by atoms with Crippen molar-refractivity contribution in [2.45, 2.75) is 6.04 Å². The van der Waals surface area contributed by atoms with E-state index in [0.717, 1.165) is 11.3 Å². The molecule has 0 spiro atoms. The fourth-order valence-electron chi connectivity index (χ4n) is 2.85. The van der Waals surface area contributed by atoms with E-state index in [0.29, 0.717) is 12.2 Å². The second-order valence-corrected chi connectivity index (χ2v) is 6.23. The predicted octanol–water partition coefficient (Wildman–Crippen LogP) is 3.04. The SMILES string of the molecule is CN(C)C(CNC(=O)c1cncn1-c1ccccc1)c1cccc(F)c1. The molecule has 0 aliphatic heterocycles. The third kappa shape index (κ3) is 3.97. The van der Waals surface area contributed by atoms with E-state index >= 15 is 0 Å². The summed E-state index contributed by atoms with van der Waals surface area (Å²) in [7, 11) is 3.80. The van der Waals surface area contributed by atoms with Crippen molar-refractivity contribution in [2.75, 3.05) is 20.6 Å². The number of nitrogens with one attached hydrogen (secondary N) is 1. The molecule has 0 fully saturated rings. The smallest absolute Gasteiger partial charge is 0.269 e. The molecule has 3 rings (SSSR count). The fourth-order valence-corrected chi connectivity index (χ4v) is 2.85. The maximum atomic E-state index is 13.5. The lowest BCUT2D eigenvalue weighted by Gasteiger charge is -2.25. The summed E-state index contributed by atoms with van der Waals surface area (Å²) >= 11 is 0. The molecule has 0 radical (unpaired) electrons. The van der Waals surface area contributed by atoms with Gasteiger partial charge in [-0.15, -0.1) is 0 Å². The van der Waals surface area contributed by atoms with Crippen LogP contribution in [0.25, 0.3) is 5.69 Å². The van der Waals surface area contributed by atoms with Crippen LogP contribution in [0.3, 0.4) is 0 Å². The minimum Gasteiger partial charge on any atom is -0.349 e. The Labute approximate surface area is 152 Å². The summed E-state index contributed by atoms with van der Waals surface area (Å²) in [6.07, 6.45) is 3.15. The summed E-state index contributed by atoms with van der Waals surface area (Å²) in [5, 5.41) is 2.93. The molecular formula is C20H21FN4O. The summed E-state index contributed by atoms with van der Waals surface area (Å²) in [6, 6.07) is 15.8. The van der Waals surface area contributed by atoms with Gasteiger partial charge in [0.2, 0.25) is 0 Å². The maximum Gasteiger partial charge on any atom is 0.269 e. The zero-order valence-electron chi connectivity index (χ0n) is 14.8. The lowest BCUT2D eigenvalue weighted by atomic mass is 10.1. The van der Waals surface area contributed by atoms with Crippen molar-refractivity contribution < 1.29 is 9.18 Å². The Hall–Kier alpha value is -2.99. The van der Waals surface area contributed by atoms with Gasteiger partial charge in [0.1, 0.15) is 11.5 Å². The number of aromatic nitrogens is 2. The highest BCUT2D eigenvalue weighted by molar-refractivity contribution is 5.93. The molecule has 1 atom stereocenters. The summed E-state index contributed by atoms with van der Waals surface area (Å²) in [6.45, 7) is 0.356. The number of amides is 1. The summed E-state index contributed by atoms with van der Waals surface area (Å²) < 4.78 is 15.3. The molecule has 0 aliphatic carbocycles. The molecule has 0 saturated carbocycles. The number of hydrogen-bond donors (Lipinski definition) is 1. The molecular weight excluding hydrogens is 331 g/mol. The minimum atomic E-state index is -0.289. The normalized spacial score (nSPS) is 12.2. The highest BCUT2D eigenvalue weighted by Gasteiger charge is 2.18. The zero-order chi connectivity index (χ0) is 18.5. The first-order chi connectivity index (χ1) is 12.6. The van der Waals surface area contributed by atoms with Crippen LogP contribution in [-0.2, 0) is 0 Å². The standard InChI is InChI=1S/C20H21FN4O/c1-24(2)18(15-7-6-8-16(21)11-15)13-23-20(26)19-12-22-14-25(19)17-9-4-3-5-10-17/h3-12,14,18H,13H2,1-2H3,(H,23,26). The zero-order valence-corrected chi connectivity index (χ0v) is 14.8. The number of halogens is 1. The van der Waals surface area contributed by atoms with Gasteiger partial charge in [-0.3, -0.25) is 9.36 Å². The Morgan fingerprint density at radius 3 is 2.65 bits per heavy atom. The molecule has 1 unspecified atom stereocenters. The minimum absolute atomic E-state index is 0.136. The molecule has 1 aromatic heterocycles. The summed E-state index contributed by atoms with van der Waals surface area (Å²) in [5.41, 5.74) is 2.13. The van der Waals surface area contributed by atoms with Crippen LogP contribution in [0.15, 0.2) is 67.1 Å². The van der Waals surface area contributed by atoms with Gasteiger partial charge in [-0.1, -0.05) is 30.3 Å². The van der Waals surface area contributed by atoms with E-state index in [1.54, 1.807) is 17.0 Å². The van der Waals surface area contributed by atoms with E-state index < -0.39 is 0 Å². The number of carbonyl (C=O) groups is 1. The van der Waals surface area contributed by atoms with Gasteiger partial charge >= 0.3 is 0 Å². The number of carbonyl (C=O) groups excluding carboxylic acids is 1. The van der Waals surface area contributed by atoms with Crippen molar-refractivity contribution in [2.24, 2.45) is 0 Å². The lowest BCUT2D eigenvalue weighted by Crippen LogP contribution is -2.35. The van der Waals surface area contributed by atoms with Crippen molar-refractivity contribution >= 4 is 5.91 Å². The Morgan fingerprint density at radius 1 is 1.19 bits per heavy atom. The molecule has 3 aromatic rings. The molecule has 134 valence electrons. The number of para-hydroxylation sites is 1. The van der Waals surface area contributed by atoms with Crippen molar-refractivity contribution in [3.8, 4) is 5.69 Å². The topological polar surface area (TPSA) is 50.2 Å². The van der Waals surface area contributed by atoms with E-state index in [-0.39, 0.29) is 17.8 Å². The van der Waals surface area contributed by atoms with Crippen molar-refractivity contribution in [3.05, 3.63) is 84.2 Å². The number of hydrogen-bond acceptors (Lipinski definition) is 3. The molecule has 6 heteroatoms. The first-order valence-electron chi connectivity index (χ1n) is 8.34. The average molecular weight is 352 g/mol. The Bertz CT molecular complexity index is 876. The van der Waals surface area contributed by atoms with E-state index in [4.69, 9.17) is 0 Å². The van der Waals surface area contributed by atoms with Gasteiger partial charge in [0.25, 0.3) is 5.91 Å². The highest BCUT2D eigenvalue weighted by atomic mass is 19.1. The second kappa shape index (κ2) is 7.93. The highest BCUT2D eigenvalue weighted by Crippen LogP contribution is 2.18. The van der Waals surface area contributed by atoms with Crippen LogP contribution in [0, 0.1) is 5.82 Å². The number of nitrogens with zero attached hydrogens (tertiary/aromatic N) is 3. The second-order valence-electron chi connectivity index (χ2n) is 6.23. The van der Waals surface area contributed by atoms with E-state index in [1.165, 1.54) is 18.3 Å². The largest absolute Gasteiger partial charge is 0.349 e. The average Bonchev–Trinajstić information content (AvgIpc) is 3.12. The summed E-state index contributed by atoms with van der Waals surface area (Å²) in [5.74, 6) is -0.516. The van der Waals surface area contributed by atoms with Gasteiger partial charge in [0.05, 0.1) is 18.6 Å². The van der Waals surface area contributed by atoms with Gasteiger partial charge in [-0.25, -0.2) is 9.37 Å². The molecule has 0 aliphatic rings. The Morgan fingerprint density at radius 2 is 1.96 bits per heavy atom. The third-order valence-corrected chi connectivity index (χ3v) is 4.22. The van der Waals surface area contributed by atoms with Crippen LogP contribution in [0.4, 0.5) is 4.39 Å². The van der Waals surface area contributed by atoms with Crippen molar-refractivity contribution in [1.82, 2.24) is 19.8 Å². The Balaban J connectivity index is 1.75. The number of likely N-dealkylation sites (N-methyl/N-ethyl adjacent to an activating group) is 1. The molecule has 26 heavy (non-hydrogen) atoms. The van der Waals surface area contributed by atoms with E-state index in [1.807, 2.05) is 55.4 Å². The van der Waals surface area contributed by atoms with Crippen LogP contribution >= 0.6 is 0 Å². The lowest BCUT2D eigenvalue weighted by molar-refractivity contribution is 0.0935. The monoisotopic (exact) mass is 352 g/mol. The van der Waals surface area contributed by atoms with Crippen LogP contribution in [-0.4, -0.2) is 41.0 Å². The van der Waals surface area contributed by atoms with Gasteiger partial charge in [-0.05, 0) is 43.9 Å². The maximum absolute atomic E-state index is 13.5. The molecule has 0 saturated heterocycles. The molecule has 5 nitrogen and oxygen atoms in total. The third-order valence-electron chi connectivity index (χ3n) is 4.22. The number of imidazole rings is 1. The van der Waals surface area contributed by atoms with Gasteiger partial charge in [-0.2, -0.15) is 0 Å². The number of rotatable bonds is 6. The van der Waals surface area contributed by atoms with Gasteiger partial charge in [0, 0.05) is 12.2 Å². The first kappa shape index (κ1) is 17.8. The van der Waals surface area contributed by atoms with Gasteiger partial charge in [0.15, 0.2) is 0 Å². The predicted molar refractivity (Wildman–Crippen MR) is 98.7 cm³/mol. The number of benzene rings is 2.